The van der Waals surface area contributed by atoms with Crippen molar-refractivity contribution in [3.8, 4) is 0 Å². The summed E-state index contributed by atoms with van der Waals surface area (Å²) in [6, 6.07) is 8.70. The van der Waals surface area contributed by atoms with Gasteiger partial charge in [0, 0.05) is 12.6 Å². The number of nitrogens with one attached hydrogen (secondary N) is 1. The minimum absolute atomic E-state index is 0.158. The molecule has 3 heteroatoms. The van der Waals surface area contributed by atoms with E-state index in [1.165, 1.54) is 11.1 Å². The SMILES string of the molecule is Cc1ccc([C@@H]2CC(O)(CCCO)CCN2)cc1. The van der Waals surface area contributed by atoms with Crippen LogP contribution in [0.4, 0.5) is 0 Å². The van der Waals surface area contributed by atoms with Crippen molar-refractivity contribution in [2.75, 3.05) is 13.2 Å². The van der Waals surface area contributed by atoms with Crippen molar-refractivity contribution >= 4 is 0 Å². The highest BCUT2D eigenvalue weighted by molar-refractivity contribution is 5.25. The van der Waals surface area contributed by atoms with Crippen LogP contribution in [0, 0.1) is 6.92 Å². The van der Waals surface area contributed by atoms with Crippen LogP contribution < -0.4 is 5.32 Å². The monoisotopic (exact) mass is 249 g/mol. The van der Waals surface area contributed by atoms with Gasteiger partial charge in [0.1, 0.15) is 0 Å². The standard InChI is InChI=1S/C15H23NO2/c1-12-3-5-13(6-4-12)14-11-15(18,7-2-10-17)8-9-16-14/h3-6,14,16-18H,2,7-11H2,1H3/t14-,15?/m0/s1. The predicted molar refractivity (Wildman–Crippen MR) is 72.4 cm³/mol. The highest BCUT2D eigenvalue weighted by atomic mass is 16.3. The van der Waals surface area contributed by atoms with Crippen LogP contribution in [0.1, 0.15) is 42.9 Å². The minimum Gasteiger partial charge on any atom is -0.396 e. The Labute approximate surface area is 109 Å². The van der Waals surface area contributed by atoms with Gasteiger partial charge in [-0.25, -0.2) is 0 Å². The molecule has 1 saturated heterocycles. The Morgan fingerprint density at radius 2 is 2.06 bits per heavy atom. The van der Waals surface area contributed by atoms with Gasteiger partial charge < -0.3 is 15.5 Å². The Morgan fingerprint density at radius 1 is 1.33 bits per heavy atom. The normalized spacial score (nSPS) is 28.3. The first kappa shape index (κ1) is 13.5. The maximum atomic E-state index is 10.5. The number of piperidine rings is 1. The van der Waals surface area contributed by atoms with Crippen molar-refractivity contribution in [3.05, 3.63) is 35.4 Å². The molecule has 0 saturated carbocycles. The summed E-state index contributed by atoms with van der Waals surface area (Å²) in [6.07, 6.45) is 2.87. The van der Waals surface area contributed by atoms with E-state index in [0.717, 1.165) is 19.4 Å². The number of hydrogen-bond donors (Lipinski definition) is 3. The molecule has 18 heavy (non-hydrogen) atoms. The molecule has 1 heterocycles. The first-order valence-corrected chi connectivity index (χ1v) is 6.76. The van der Waals surface area contributed by atoms with Crippen molar-refractivity contribution in [3.63, 3.8) is 0 Å². The molecule has 1 fully saturated rings. The van der Waals surface area contributed by atoms with E-state index >= 15 is 0 Å². The molecule has 3 nitrogen and oxygen atoms in total. The van der Waals surface area contributed by atoms with E-state index in [1.54, 1.807) is 0 Å². The Balaban J connectivity index is 2.04. The molecule has 1 aliphatic rings. The fourth-order valence-electron chi connectivity index (χ4n) is 2.70. The van der Waals surface area contributed by atoms with Crippen molar-refractivity contribution in [2.24, 2.45) is 0 Å². The van der Waals surface area contributed by atoms with Gasteiger partial charge in [-0.2, -0.15) is 0 Å². The molecule has 1 unspecified atom stereocenters. The van der Waals surface area contributed by atoms with Crippen LogP contribution in [-0.2, 0) is 0 Å². The Bertz CT molecular complexity index is 377. The van der Waals surface area contributed by atoms with Crippen LogP contribution in [0.2, 0.25) is 0 Å². The molecule has 0 bridgehead atoms. The van der Waals surface area contributed by atoms with Crippen LogP contribution in [0.5, 0.6) is 0 Å². The van der Waals surface area contributed by atoms with Crippen LogP contribution in [0.3, 0.4) is 0 Å². The summed E-state index contributed by atoms with van der Waals surface area (Å²) in [5.41, 5.74) is 1.87. The lowest BCUT2D eigenvalue weighted by molar-refractivity contribution is -0.0166. The summed E-state index contributed by atoms with van der Waals surface area (Å²) in [5, 5.41) is 22.9. The zero-order valence-electron chi connectivity index (χ0n) is 11.0. The van der Waals surface area contributed by atoms with Gasteiger partial charge in [-0.15, -0.1) is 0 Å². The summed E-state index contributed by atoms with van der Waals surface area (Å²) < 4.78 is 0. The van der Waals surface area contributed by atoms with E-state index in [4.69, 9.17) is 5.11 Å². The van der Waals surface area contributed by atoms with E-state index < -0.39 is 5.60 Å². The van der Waals surface area contributed by atoms with Gasteiger partial charge in [-0.1, -0.05) is 29.8 Å². The number of aliphatic hydroxyl groups excluding tert-OH is 1. The molecule has 0 aliphatic carbocycles. The molecular weight excluding hydrogens is 226 g/mol. The number of aryl methyl sites for hydroxylation is 1. The zero-order chi connectivity index (χ0) is 13.0. The van der Waals surface area contributed by atoms with E-state index in [9.17, 15) is 5.11 Å². The lowest BCUT2D eigenvalue weighted by Crippen LogP contribution is -2.43. The van der Waals surface area contributed by atoms with Gasteiger partial charge in [-0.05, 0) is 44.7 Å². The van der Waals surface area contributed by atoms with Crippen LogP contribution >= 0.6 is 0 Å². The summed E-state index contributed by atoms with van der Waals surface area (Å²) >= 11 is 0. The van der Waals surface area contributed by atoms with Gasteiger partial charge in [0.2, 0.25) is 0 Å². The molecule has 1 aromatic rings. The Morgan fingerprint density at radius 3 is 2.72 bits per heavy atom. The second-order valence-corrected chi connectivity index (χ2v) is 5.42. The van der Waals surface area contributed by atoms with Gasteiger partial charge in [-0.3, -0.25) is 0 Å². The zero-order valence-corrected chi connectivity index (χ0v) is 11.0. The maximum absolute atomic E-state index is 10.5. The molecule has 1 aliphatic heterocycles. The highest BCUT2D eigenvalue weighted by Gasteiger charge is 2.33. The van der Waals surface area contributed by atoms with Crippen molar-refractivity contribution in [2.45, 2.75) is 44.2 Å². The Kier molecular flexibility index (Phi) is 4.38. The van der Waals surface area contributed by atoms with Crippen LogP contribution in [0.15, 0.2) is 24.3 Å². The second-order valence-electron chi connectivity index (χ2n) is 5.42. The molecule has 100 valence electrons. The van der Waals surface area contributed by atoms with E-state index in [0.29, 0.717) is 12.8 Å². The molecular formula is C15H23NO2. The third-order valence-corrected chi connectivity index (χ3v) is 3.85. The van der Waals surface area contributed by atoms with E-state index in [1.807, 2.05) is 0 Å². The first-order valence-electron chi connectivity index (χ1n) is 6.76. The quantitative estimate of drug-likeness (QED) is 0.764. The Hall–Kier alpha value is -0.900. The molecule has 2 rings (SSSR count). The summed E-state index contributed by atoms with van der Waals surface area (Å²) in [7, 11) is 0. The third-order valence-electron chi connectivity index (χ3n) is 3.85. The molecule has 0 amide bonds. The highest BCUT2D eigenvalue weighted by Crippen LogP contribution is 2.33. The van der Waals surface area contributed by atoms with Crippen molar-refractivity contribution < 1.29 is 10.2 Å². The predicted octanol–water partition coefficient (Wildman–Crippen LogP) is 1.92. The average molecular weight is 249 g/mol. The molecule has 1 aromatic carbocycles. The van der Waals surface area contributed by atoms with Gasteiger partial charge in [0.15, 0.2) is 0 Å². The fourth-order valence-corrected chi connectivity index (χ4v) is 2.70. The topological polar surface area (TPSA) is 52.5 Å². The molecule has 3 N–H and O–H groups in total. The summed E-state index contributed by atoms with van der Waals surface area (Å²) in [6.45, 7) is 3.07. The number of hydrogen-bond acceptors (Lipinski definition) is 3. The third kappa shape index (κ3) is 3.31. The van der Waals surface area contributed by atoms with Crippen LogP contribution in [0.25, 0.3) is 0 Å². The lowest BCUT2D eigenvalue weighted by atomic mass is 9.82. The molecule has 0 aromatic heterocycles. The van der Waals surface area contributed by atoms with Gasteiger partial charge >= 0.3 is 0 Å². The number of benzene rings is 1. The molecule has 0 radical (unpaired) electrons. The van der Waals surface area contributed by atoms with E-state index in [2.05, 4.69) is 36.5 Å². The second kappa shape index (κ2) is 5.83. The lowest BCUT2D eigenvalue weighted by Gasteiger charge is -2.38. The van der Waals surface area contributed by atoms with Gasteiger partial charge in [0.05, 0.1) is 5.60 Å². The number of aliphatic hydroxyl groups is 2. The summed E-state index contributed by atoms with van der Waals surface area (Å²) in [5.74, 6) is 0. The van der Waals surface area contributed by atoms with Crippen molar-refractivity contribution in [1.82, 2.24) is 5.32 Å². The smallest absolute Gasteiger partial charge is 0.0678 e. The van der Waals surface area contributed by atoms with Gasteiger partial charge in [0.25, 0.3) is 0 Å². The summed E-state index contributed by atoms with van der Waals surface area (Å²) in [4.78, 5) is 0. The molecule has 2 atom stereocenters. The average Bonchev–Trinajstić information content (AvgIpc) is 2.37. The van der Waals surface area contributed by atoms with Crippen LogP contribution in [-0.4, -0.2) is 29.0 Å². The maximum Gasteiger partial charge on any atom is 0.0678 e. The number of rotatable bonds is 4. The largest absolute Gasteiger partial charge is 0.396 e. The van der Waals surface area contributed by atoms with E-state index in [-0.39, 0.29) is 12.6 Å². The fraction of sp³-hybridized carbons (Fsp3) is 0.600. The minimum atomic E-state index is -0.621. The first-order chi connectivity index (χ1) is 8.63. The van der Waals surface area contributed by atoms with Crippen molar-refractivity contribution in [1.29, 1.82) is 0 Å². The molecule has 0 spiro atoms.